The number of hydrogen-bond donors (Lipinski definition) is 0. The minimum atomic E-state index is -3.01. The Kier molecular flexibility index (Phi) is 4.72. The average Bonchev–Trinajstić information content (AvgIpc) is 2.67. The highest BCUT2D eigenvalue weighted by Crippen LogP contribution is 2.24. The van der Waals surface area contributed by atoms with Gasteiger partial charge < -0.3 is 4.74 Å². The van der Waals surface area contributed by atoms with Gasteiger partial charge >= 0.3 is 6.61 Å². The molecule has 2 aromatic rings. The molecule has 1 aromatic carbocycles. The van der Waals surface area contributed by atoms with Crippen LogP contribution in [-0.2, 0) is 0 Å². The summed E-state index contributed by atoms with van der Waals surface area (Å²) in [5.74, 6) is -0.937. The highest BCUT2D eigenvalue weighted by atomic mass is 79.9. The highest BCUT2D eigenvalue weighted by Gasteiger charge is 2.12. The van der Waals surface area contributed by atoms with Gasteiger partial charge in [0.05, 0.1) is 11.4 Å². The van der Waals surface area contributed by atoms with Crippen LogP contribution in [0.25, 0.3) is 11.8 Å². The summed E-state index contributed by atoms with van der Waals surface area (Å²) in [5.41, 5.74) is 2.00. The zero-order valence-corrected chi connectivity index (χ0v) is 12.9. The second-order valence-electron chi connectivity index (χ2n) is 4.55. The van der Waals surface area contributed by atoms with Gasteiger partial charge in [0.1, 0.15) is 16.2 Å². The first-order valence-corrected chi connectivity index (χ1v) is 6.80. The van der Waals surface area contributed by atoms with E-state index in [1.807, 2.05) is 19.9 Å². The molecule has 0 unspecified atom stereocenters. The van der Waals surface area contributed by atoms with Gasteiger partial charge in [-0.2, -0.15) is 13.9 Å². The molecule has 0 bridgehead atoms. The number of hydrogen-bond acceptors (Lipinski definition) is 2. The molecule has 0 aliphatic heterocycles. The van der Waals surface area contributed by atoms with Crippen molar-refractivity contribution in [3.63, 3.8) is 0 Å². The van der Waals surface area contributed by atoms with E-state index in [0.717, 1.165) is 11.6 Å². The Hall–Kier alpha value is -1.76. The predicted molar refractivity (Wildman–Crippen MR) is 77.2 cm³/mol. The summed E-state index contributed by atoms with van der Waals surface area (Å²) in [6.07, 6.45) is 1.84. The van der Waals surface area contributed by atoms with Gasteiger partial charge in [0.25, 0.3) is 0 Å². The average molecular weight is 361 g/mol. The maximum atomic E-state index is 13.6. The number of rotatable bonds is 4. The molecule has 0 aliphatic carbocycles. The quantitative estimate of drug-likeness (QED) is 0.782. The zero-order chi connectivity index (χ0) is 15.6. The third-order valence-corrected chi connectivity index (χ3v) is 2.86. The van der Waals surface area contributed by atoms with E-state index >= 15 is 0 Å². The van der Waals surface area contributed by atoms with Crippen molar-refractivity contribution >= 4 is 22.0 Å². The number of alkyl halides is 2. The number of halogens is 4. The molecule has 0 radical (unpaired) electrons. The summed E-state index contributed by atoms with van der Waals surface area (Å²) in [6, 6.07) is 5.14. The fraction of sp³-hybridized carbons (Fsp3) is 0.214. The van der Waals surface area contributed by atoms with Crippen molar-refractivity contribution < 1.29 is 17.9 Å². The van der Waals surface area contributed by atoms with Gasteiger partial charge in [-0.15, -0.1) is 0 Å². The molecule has 21 heavy (non-hydrogen) atoms. The molecular formula is C14H12BrF3N2O. The van der Waals surface area contributed by atoms with Gasteiger partial charge in [0.2, 0.25) is 0 Å². The van der Waals surface area contributed by atoms with Gasteiger partial charge in [0, 0.05) is 12.1 Å². The van der Waals surface area contributed by atoms with E-state index in [4.69, 9.17) is 0 Å². The van der Waals surface area contributed by atoms with Gasteiger partial charge in [-0.3, -0.25) is 0 Å². The minimum Gasteiger partial charge on any atom is -0.435 e. The Morgan fingerprint density at radius 3 is 2.62 bits per heavy atom. The van der Waals surface area contributed by atoms with E-state index in [2.05, 4.69) is 25.8 Å². The Balaban J connectivity index is 2.51. The van der Waals surface area contributed by atoms with Crippen LogP contribution in [0.4, 0.5) is 13.2 Å². The van der Waals surface area contributed by atoms with E-state index in [1.54, 1.807) is 6.07 Å². The Morgan fingerprint density at radius 2 is 2.00 bits per heavy atom. The van der Waals surface area contributed by atoms with Crippen LogP contribution in [0.1, 0.15) is 19.5 Å². The maximum Gasteiger partial charge on any atom is 0.387 e. The van der Waals surface area contributed by atoms with Crippen LogP contribution in [0.15, 0.2) is 34.4 Å². The van der Waals surface area contributed by atoms with Crippen molar-refractivity contribution in [2.45, 2.75) is 20.5 Å². The lowest BCUT2D eigenvalue weighted by Gasteiger charge is -2.09. The van der Waals surface area contributed by atoms with Gasteiger partial charge in [-0.1, -0.05) is 5.57 Å². The molecule has 112 valence electrons. The summed E-state index contributed by atoms with van der Waals surface area (Å²) in [7, 11) is 0. The van der Waals surface area contributed by atoms with Crippen molar-refractivity contribution in [1.29, 1.82) is 0 Å². The molecule has 2 rings (SSSR count). The fourth-order valence-corrected chi connectivity index (χ4v) is 2.20. The Bertz CT molecular complexity index is 679. The molecule has 0 fully saturated rings. The molecular weight excluding hydrogens is 349 g/mol. The molecule has 0 amide bonds. The summed E-state index contributed by atoms with van der Waals surface area (Å²) >= 11 is 3.24. The molecule has 0 N–H and O–H groups in total. The first kappa shape index (κ1) is 15.6. The standard InChI is InChI=1S/C14H12BrF3N2O/c1-8(2)3-10-7-13(15)19-20(10)11-4-9(16)5-12(6-11)21-14(17)18/h3-7,14H,1-2H3. The number of nitrogens with zero attached hydrogens (tertiary/aromatic N) is 2. The summed E-state index contributed by atoms with van der Waals surface area (Å²) in [6.45, 7) is 0.797. The smallest absolute Gasteiger partial charge is 0.387 e. The van der Waals surface area contributed by atoms with Crippen LogP contribution in [0.3, 0.4) is 0 Å². The minimum absolute atomic E-state index is 0.255. The lowest BCUT2D eigenvalue weighted by molar-refractivity contribution is -0.0499. The van der Waals surface area contributed by atoms with Crippen LogP contribution in [-0.4, -0.2) is 16.4 Å². The van der Waals surface area contributed by atoms with Crippen LogP contribution < -0.4 is 4.74 Å². The highest BCUT2D eigenvalue weighted by molar-refractivity contribution is 9.10. The van der Waals surface area contributed by atoms with Crippen molar-refractivity contribution in [3.05, 3.63) is 46.0 Å². The van der Waals surface area contributed by atoms with E-state index in [0.29, 0.717) is 16.0 Å². The van der Waals surface area contributed by atoms with Crippen molar-refractivity contribution in [3.8, 4) is 11.4 Å². The molecule has 0 saturated heterocycles. The van der Waals surface area contributed by atoms with Gasteiger partial charge in [0.15, 0.2) is 0 Å². The Labute approximate surface area is 128 Å². The van der Waals surface area contributed by atoms with E-state index in [9.17, 15) is 13.2 Å². The molecule has 0 spiro atoms. The van der Waals surface area contributed by atoms with Crippen LogP contribution >= 0.6 is 15.9 Å². The van der Waals surface area contributed by atoms with Crippen LogP contribution in [0.2, 0.25) is 0 Å². The molecule has 3 nitrogen and oxygen atoms in total. The van der Waals surface area contributed by atoms with Crippen molar-refractivity contribution in [2.24, 2.45) is 0 Å². The van der Waals surface area contributed by atoms with E-state index in [1.165, 1.54) is 16.8 Å². The number of benzene rings is 1. The Morgan fingerprint density at radius 1 is 1.29 bits per heavy atom. The molecule has 7 heteroatoms. The van der Waals surface area contributed by atoms with Crippen LogP contribution in [0.5, 0.6) is 5.75 Å². The fourth-order valence-electron chi connectivity index (χ4n) is 1.81. The van der Waals surface area contributed by atoms with Crippen LogP contribution in [0, 0.1) is 5.82 Å². The molecule has 0 saturated carbocycles. The lowest BCUT2D eigenvalue weighted by atomic mass is 10.2. The normalized spacial score (nSPS) is 10.8. The predicted octanol–water partition coefficient (Wildman–Crippen LogP) is 4.80. The number of allylic oxidation sites excluding steroid dienone is 1. The molecule has 0 atom stereocenters. The number of aromatic nitrogens is 2. The summed E-state index contributed by atoms with van der Waals surface area (Å²) < 4.78 is 44.3. The van der Waals surface area contributed by atoms with Gasteiger partial charge in [-0.25, -0.2) is 9.07 Å². The third-order valence-electron chi connectivity index (χ3n) is 2.47. The first-order valence-electron chi connectivity index (χ1n) is 6.01. The number of ether oxygens (including phenoxy) is 1. The molecule has 1 heterocycles. The third kappa shape index (κ3) is 4.10. The monoisotopic (exact) mass is 360 g/mol. The van der Waals surface area contributed by atoms with Gasteiger partial charge in [-0.05, 0) is 48.0 Å². The SMILES string of the molecule is CC(C)=Cc1cc(Br)nn1-c1cc(F)cc(OC(F)F)c1. The first-order chi connectivity index (χ1) is 9.85. The zero-order valence-electron chi connectivity index (χ0n) is 11.3. The molecule has 1 aromatic heterocycles. The largest absolute Gasteiger partial charge is 0.435 e. The second kappa shape index (κ2) is 6.34. The summed E-state index contributed by atoms with van der Waals surface area (Å²) in [5, 5.41) is 4.17. The van der Waals surface area contributed by atoms with E-state index in [-0.39, 0.29) is 5.75 Å². The topological polar surface area (TPSA) is 27.1 Å². The lowest BCUT2D eigenvalue weighted by Crippen LogP contribution is -2.05. The second-order valence-corrected chi connectivity index (χ2v) is 5.36. The van der Waals surface area contributed by atoms with Crippen molar-refractivity contribution in [1.82, 2.24) is 9.78 Å². The van der Waals surface area contributed by atoms with Crippen molar-refractivity contribution in [2.75, 3.05) is 0 Å². The molecule has 0 aliphatic rings. The summed E-state index contributed by atoms with van der Waals surface area (Å²) in [4.78, 5) is 0. The maximum absolute atomic E-state index is 13.6. The van der Waals surface area contributed by atoms with E-state index < -0.39 is 12.4 Å².